The van der Waals surface area contributed by atoms with Crippen LogP contribution in [0.4, 0.5) is 0 Å². The van der Waals surface area contributed by atoms with Crippen LogP contribution in [0, 0.1) is 5.92 Å². The van der Waals surface area contributed by atoms with Crippen molar-refractivity contribution in [1.82, 2.24) is 9.80 Å². The fraction of sp³-hybridized carbons (Fsp3) is 1.00. The minimum atomic E-state index is 0.703. The average molecular weight is 199 g/mol. The van der Waals surface area contributed by atoms with E-state index in [1.54, 1.807) is 0 Å². The molecule has 0 aromatic carbocycles. The van der Waals surface area contributed by atoms with Crippen molar-refractivity contribution in [2.75, 3.05) is 39.8 Å². The first-order valence-corrected chi connectivity index (χ1v) is 5.76. The van der Waals surface area contributed by atoms with E-state index < -0.39 is 0 Å². The number of hydrogen-bond acceptors (Lipinski definition) is 3. The van der Waals surface area contributed by atoms with Gasteiger partial charge in [0.15, 0.2) is 0 Å². The summed E-state index contributed by atoms with van der Waals surface area (Å²) in [5.41, 5.74) is 5.56. The van der Waals surface area contributed by atoms with E-state index in [-0.39, 0.29) is 0 Å². The van der Waals surface area contributed by atoms with Gasteiger partial charge in [-0.2, -0.15) is 0 Å². The lowest BCUT2D eigenvalue weighted by Gasteiger charge is -2.38. The minimum Gasteiger partial charge on any atom is -0.330 e. The van der Waals surface area contributed by atoms with Crippen molar-refractivity contribution in [3.8, 4) is 0 Å². The summed E-state index contributed by atoms with van der Waals surface area (Å²) >= 11 is 0. The number of nitrogens with zero attached hydrogens (tertiary/aromatic N) is 2. The zero-order chi connectivity index (χ0) is 10.6. The van der Waals surface area contributed by atoms with Gasteiger partial charge in [-0.15, -0.1) is 0 Å². The third-order valence-corrected chi connectivity index (χ3v) is 3.27. The van der Waals surface area contributed by atoms with E-state index in [4.69, 9.17) is 5.73 Å². The summed E-state index contributed by atoms with van der Waals surface area (Å²) in [5, 5.41) is 0. The molecule has 2 N–H and O–H groups in total. The van der Waals surface area contributed by atoms with Crippen molar-refractivity contribution >= 4 is 0 Å². The minimum absolute atomic E-state index is 0.703. The number of nitrogens with two attached hydrogens (primary N) is 1. The highest BCUT2D eigenvalue weighted by Crippen LogP contribution is 2.10. The van der Waals surface area contributed by atoms with Gasteiger partial charge in [-0.05, 0) is 32.9 Å². The molecule has 84 valence electrons. The molecule has 0 aromatic heterocycles. The third-order valence-electron chi connectivity index (χ3n) is 3.27. The number of rotatable bonds is 4. The van der Waals surface area contributed by atoms with Gasteiger partial charge in [0.2, 0.25) is 0 Å². The lowest BCUT2D eigenvalue weighted by atomic mass is 10.1. The van der Waals surface area contributed by atoms with E-state index in [2.05, 4.69) is 30.7 Å². The van der Waals surface area contributed by atoms with Crippen molar-refractivity contribution in [1.29, 1.82) is 0 Å². The van der Waals surface area contributed by atoms with Gasteiger partial charge in [-0.25, -0.2) is 0 Å². The Morgan fingerprint density at radius 1 is 1.43 bits per heavy atom. The fourth-order valence-corrected chi connectivity index (χ4v) is 2.11. The van der Waals surface area contributed by atoms with Crippen LogP contribution in [-0.4, -0.2) is 55.6 Å². The Morgan fingerprint density at radius 3 is 2.71 bits per heavy atom. The molecule has 0 aromatic rings. The summed E-state index contributed by atoms with van der Waals surface area (Å²) in [6, 6.07) is 0.703. The Kier molecular flexibility index (Phi) is 4.85. The molecule has 0 aliphatic carbocycles. The first kappa shape index (κ1) is 12.0. The van der Waals surface area contributed by atoms with Crippen LogP contribution in [0.25, 0.3) is 0 Å². The molecule has 1 aliphatic heterocycles. The molecule has 14 heavy (non-hydrogen) atoms. The van der Waals surface area contributed by atoms with Crippen LogP contribution in [0.3, 0.4) is 0 Å². The first-order chi connectivity index (χ1) is 6.63. The van der Waals surface area contributed by atoms with E-state index in [0.717, 1.165) is 18.9 Å². The maximum Gasteiger partial charge on any atom is 0.0192 e. The van der Waals surface area contributed by atoms with E-state index >= 15 is 0 Å². The molecule has 0 saturated carbocycles. The lowest BCUT2D eigenvalue weighted by molar-refractivity contribution is 0.0935. The van der Waals surface area contributed by atoms with Crippen molar-refractivity contribution in [3.63, 3.8) is 0 Å². The van der Waals surface area contributed by atoms with Gasteiger partial charge in [0.1, 0.15) is 0 Å². The van der Waals surface area contributed by atoms with Crippen molar-refractivity contribution in [2.24, 2.45) is 11.7 Å². The van der Waals surface area contributed by atoms with Crippen LogP contribution in [0.15, 0.2) is 0 Å². The normalized spacial score (nSPS) is 27.9. The monoisotopic (exact) mass is 199 g/mol. The Labute approximate surface area is 88.2 Å². The van der Waals surface area contributed by atoms with Gasteiger partial charge >= 0.3 is 0 Å². The quantitative estimate of drug-likeness (QED) is 0.720. The number of likely N-dealkylation sites (N-methyl/N-ethyl adjacent to an activating group) is 1. The van der Waals surface area contributed by atoms with Crippen LogP contribution in [0.2, 0.25) is 0 Å². The van der Waals surface area contributed by atoms with E-state index in [1.807, 2.05) is 0 Å². The Balaban J connectivity index is 2.25. The van der Waals surface area contributed by atoms with Gasteiger partial charge in [-0.1, -0.05) is 6.92 Å². The smallest absolute Gasteiger partial charge is 0.0192 e. The summed E-state index contributed by atoms with van der Waals surface area (Å²) in [4.78, 5) is 5.01. The summed E-state index contributed by atoms with van der Waals surface area (Å²) in [7, 11) is 2.21. The second kappa shape index (κ2) is 5.69. The molecule has 3 heteroatoms. The Morgan fingerprint density at radius 2 is 2.14 bits per heavy atom. The molecule has 1 heterocycles. The van der Waals surface area contributed by atoms with Crippen LogP contribution >= 0.6 is 0 Å². The molecule has 0 bridgehead atoms. The van der Waals surface area contributed by atoms with Crippen LogP contribution in [-0.2, 0) is 0 Å². The summed E-state index contributed by atoms with van der Waals surface area (Å²) in [6.07, 6.45) is 1.15. The maximum absolute atomic E-state index is 5.56. The van der Waals surface area contributed by atoms with Crippen molar-refractivity contribution < 1.29 is 0 Å². The highest BCUT2D eigenvalue weighted by molar-refractivity contribution is 4.77. The fourth-order valence-electron chi connectivity index (χ4n) is 2.11. The van der Waals surface area contributed by atoms with Crippen molar-refractivity contribution in [2.45, 2.75) is 26.3 Å². The van der Waals surface area contributed by atoms with Gasteiger partial charge in [0.05, 0.1) is 0 Å². The first-order valence-electron chi connectivity index (χ1n) is 5.76. The molecule has 0 spiro atoms. The van der Waals surface area contributed by atoms with Crippen molar-refractivity contribution in [3.05, 3.63) is 0 Å². The lowest BCUT2D eigenvalue weighted by Crippen LogP contribution is -2.51. The third kappa shape index (κ3) is 3.56. The van der Waals surface area contributed by atoms with E-state index in [9.17, 15) is 0 Å². The van der Waals surface area contributed by atoms with Gasteiger partial charge in [0, 0.05) is 32.2 Å². The second-order valence-corrected chi connectivity index (χ2v) is 4.77. The molecule has 3 nitrogen and oxygen atoms in total. The van der Waals surface area contributed by atoms with Gasteiger partial charge < -0.3 is 15.5 Å². The zero-order valence-corrected chi connectivity index (χ0v) is 9.87. The van der Waals surface area contributed by atoms with Crippen LogP contribution in [0.5, 0.6) is 0 Å². The summed E-state index contributed by atoms with van der Waals surface area (Å²) in [5.74, 6) is 0.746. The largest absolute Gasteiger partial charge is 0.330 e. The predicted molar refractivity (Wildman–Crippen MR) is 61.4 cm³/mol. The molecular formula is C11H25N3. The molecular weight excluding hydrogens is 174 g/mol. The van der Waals surface area contributed by atoms with Gasteiger partial charge in [-0.3, -0.25) is 0 Å². The van der Waals surface area contributed by atoms with E-state index in [1.165, 1.54) is 26.2 Å². The average Bonchev–Trinajstić information content (AvgIpc) is 2.12. The molecule has 1 aliphatic rings. The zero-order valence-electron chi connectivity index (χ0n) is 9.87. The van der Waals surface area contributed by atoms with Gasteiger partial charge in [0.25, 0.3) is 0 Å². The van der Waals surface area contributed by atoms with E-state index in [0.29, 0.717) is 6.04 Å². The highest BCUT2D eigenvalue weighted by Gasteiger charge is 2.21. The standard InChI is InChI=1S/C11H25N3/c1-10(4-5-12)8-14-7-6-13(3)11(2)9-14/h10-11H,4-9,12H2,1-3H3. The summed E-state index contributed by atoms with van der Waals surface area (Å²) in [6.45, 7) is 10.3. The van der Waals surface area contributed by atoms with Crippen LogP contribution < -0.4 is 5.73 Å². The highest BCUT2D eigenvalue weighted by atomic mass is 15.3. The molecule has 2 atom stereocenters. The molecule has 2 unspecified atom stereocenters. The Bertz CT molecular complexity index is 161. The molecule has 1 rings (SSSR count). The second-order valence-electron chi connectivity index (χ2n) is 4.77. The predicted octanol–water partition coefficient (Wildman–Crippen LogP) is 0.607. The molecule has 0 amide bonds. The summed E-state index contributed by atoms with van der Waals surface area (Å²) < 4.78 is 0. The molecule has 1 saturated heterocycles. The Hall–Kier alpha value is -0.120. The SMILES string of the molecule is CC(CCN)CN1CCN(C)C(C)C1. The number of hydrogen-bond donors (Lipinski definition) is 1. The topological polar surface area (TPSA) is 32.5 Å². The maximum atomic E-state index is 5.56. The molecule has 1 fully saturated rings. The van der Waals surface area contributed by atoms with Crippen LogP contribution in [0.1, 0.15) is 20.3 Å². The molecule has 0 radical (unpaired) electrons. The number of piperazine rings is 1.